The van der Waals surface area contributed by atoms with Gasteiger partial charge in [0.15, 0.2) is 0 Å². The van der Waals surface area contributed by atoms with Crippen molar-refractivity contribution in [1.82, 2.24) is 0 Å². The minimum atomic E-state index is 0.629. The Morgan fingerprint density at radius 3 is 2.50 bits per heavy atom. The molecule has 0 bridgehead atoms. The predicted octanol–water partition coefficient (Wildman–Crippen LogP) is 3.56. The average Bonchev–Trinajstić information content (AvgIpc) is 2.34. The van der Waals surface area contributed by atoms with Crippen molar-refractivity contribution < 1.29 is 9.47 Å². The Morgan fingerprint density at radius 1 is 1.12 bits per heavy atom. The first-order valence-electron chi connectivity index (χ1n) is 5.45. The van der Waals surface area contributed by atoms with Gasteiger partial charge in [-0.3, -0.25) is 0 Å². The van der Waals surface area contributed by atoms with Gasteiger partial charge in [0.2, 0.25) is 0 Å². The zero-order valence-electron chi connectivity index (χ0n) is 9.52. The molecule has 0 aromatic heterocycles. The molecule has 86 valence electrons. The molecule has 0 N–H and O–H groups in total. The average molecular weight is 218 g/mol. The van der Waals surface area contributed by atoms with Crippen LogP contribution in [0.15, 0.2) is 55.3 Å². The van der Waals surface area contributed by atoms with Crippen LogP contribution in [0.4, 0.5) is 0 Å². The van der Waals surface area contributed by atoms with Crippen molar-refractivity contribution in [2.45, 2.75) is 12.8 Å². The highest BCUT2D eigenvalue weighted by Gasteiger charge is 1.93. The first-order chi connectivity index (χ1) is 7.83. The highest BCUT2D eigenvalue weighted by atomic mass is 16.5. The Bertz CT molecular complexity index is 317. The van der Waals surface area contributed by atoms with Crippen LogP contribution in [0.25, 0.3) is 0 Å². The van der Waals surface area contributed by atoms with Crippen molar-refractivity contribution in [3.05, 3.63) is 55.3 Å². The summed E-state index contributed by atoms with van der Waals surface area (Å²) in [6.07, 6.45) is 3.54. The van der Waals surface area contributed by atoms with Gasteiger partial charge in [0.25, 0.3) is 0 Å². The monoisotopic (exact) mass is 218 g/mol. The Kier molecular flexibility index (Phi) is 5.86. The number of rotatable bonds is 8. The number of unbranched alkanes of at least 4 members (excludes halogenated alkanes) is 1. The predicted molar refractivity (Wildman–Crippen MR) is 66.5 cm³/mol. The van der Waals surface area contributed by atoms with E-state index < -0.39 is 0 Å². The summed E-state index contributed by atoms with van der Waals surface area (Å²) in [5.41, 5.74) is 0. The lowest BCUT2D eigenvalue weighted by Gasteiger charge is -2.07. The molecule has 0 unspecified atom stereocenters. The minimum Gasteiger partial charge on any atom is -0.494 e. The van der Waals surface area contributed by atoms with E-state index in [2.05, 4.69) is 13.2 Å². The fourth-order valence-electron chi connectivity index (χ4n) is 1.17. The molecule has 0 atom stereocenters. The fourth-order valence-corrected chi connectivity index (χ4v) is 1.17. The van der Waals surface area contributed by atoms with Crippen molar-refractivity contribution in [2.75, 3.05) is 13.2 Å². The second kappa shape index (κ2) is 7.57. The summed E-state index contributed by atoms with van der Waals surface area (Å²) in [4.78, 5) is 0. The Labute approximate surface area is 97.2 Å². The summed E-state index contributed by atoms with van der Waals surface area (Å²) in [6.45, 7) is 8.62. The standard InChI is InChI=1S/C14H18O2/c1-3-13(2)15-11-7-8-12-16-14-9-5-4-6-10-14/h3-6,9-10H,1-2,7-8,11-12H2. The molecule has 16 heavy (non-hydrogen) atoms. The molecule has 1 aromatic carbocycles. The SMILES string of the molecule is C=CC(=C)OCCCCOc1ccccc1. The maximum atomic E-state index is 5.54. The van der Waals surface area contributed by atoms with Crippen LogP contribution >= 0.6 is 0 Å². The van der Waals surface area contributed by atoms with Gasteiger partial charge in [-0.15, -0.1) is 0 Å². The lowest BCUT2D eigenvalue weighted by molar-refractivity contribution is 0.207. The second-order valence-corrected chi connectivity index (χ2v) is 3.39. The van der Waals surface area contributed by atoms with E-state index in [1.54, 1.807) is 6.08 Å². The number of allylic oxidation sites excluding steroid dienone is 1. The van der Waals surface area contributed by atoms with Gasteiger partial charge in [0.1, 0.15) is 11.5 Å². The van der Waals surface area contributed by atoms with Gasteiger partial charge in [-0.05, 0) is 31.1 Å². The molecule has 2 heteroatoms. The lowest BCUT2D eigenvalue weighted by atomic mass is 10.3. The van der Waals surface area contributed by atoms with Gasteiger partial charge >= 0.3 is 0 Å². The van der Waals surface area contributed by atoms with Crippen LogP contribution in [0.1, 0.15) is 12.8 Å². The van der Waals surface area contributed by atoms with Gasteiger partial charge in [0.05, 0.1) is 13.2 Å². The summed E-state index contributed by atoms with van der Waals surface area (Å²) >= 11 is 0. The Morgan fingerprint density at radius 2 is 1.81 bits per heavy atom. The zero-order chi connectivity index (χ0) is 11.6. The van der Waals surface area contributed by atoms with E-state index in [0.29, 0.717) is 19.0 Å². The van der Waals surface area contributed by atoms with E-state index in [1.165, 1.54) is 0 Å². The summed E-state index contributed by atoms with van der Waals surface area (Å²) < 4.78 is 10.8. The normalized spacial score (nSPS) is 9.50. The third kappa shape index (κ3) is 5.25. The van der Waals surface area contributed by atoms with E-state index in [-0.39, 0.29) is 0 Å². The Hall–Kier alpha value is -1.70. The quantitative estimate of drug-likeness (QED) is 0.377. The molecule has 2 nitrogen and oxygen atoms in total. The molecule has 0 heterocycles. The van der Waals surface area contributed by atoms with Gasteiger partial charge < -0.3 is 9.47 Å². The molecule has 0 radical (unpaired) electrons. The molecule has 0 spiro atoms. The van der Waals surface area contributed by atoms with Crippen LogP contribution in [0, 0.1) is 0 Å². The third-order valence-corrected chi connectivity index (χ3v) is 2.07. The molecule has 0 amide bonds. The topological polar surface area (TPSA) is 18.5 Å². The molecule has 1 rings (SSSR count). The first-order valence-corrected chi connectivity index (χ1v) is 5.45. The van der Waals surface area contributed by atoms with Crippen molar-refractivity contribution >= 4 is 0 Å². The summed E-state index contributed by atoms with van der Waals surface area (Å²) in [5, 5.41) is 0. The number of hydrogen-bond donors (Lipinski definition) is 0. The highest BCUT2D eigenvalue weighted by Crippen LogP contribution is 2.08. The number of hydrogen-bond acceptors (Lipinski definition) is 2. The number of benzene rings is 1. The molecule has 0 saturated carbocycles. The van der Waals surface area contributed by atoms with Gasteiger partial charge in [0, 0.05) is 0 Å². The maximum Gasteiger partial charge on any atom is 0.119 e. The summed E-state index contributed by atoms with van der Waals surface area (Å²) in [7, 11) is 0. The molecule has 0 saturated heterocycles. The third-order valence-electron chi connectivity index (χ3n) is 2.07. The van der Waals surface area contributed by atoms with E-state index in [9.17, 15) is 0 Å². The fraction of sp³-hybridized carbons (Fsp3) is 0.286. The molecule has 1 aromatic rings. The summed E-state index contributed by atoms with van der Waals surface area (Å²) in [5.74, 6) is 1.54. The van der Waals surface area contributed by atoms with E-state index in [4.69, 9.17) is 9.47 Å². The van der Waals surface area contributed by atoms with E-state index in [1.807, 2.05) is 30.3 Å². The van der Waals surface area contributed by atoms with Crippen LogP contribution in [0.3, 0.4) is 0 Å². The first kappa shape index (κ1) is 12.4. The van der Waals surface area contributed by atoms with Gasteiger partial charge in [-0.25, -0.2) is 0 Å². The van der Waals surface area contributed by atoms with Crippen LogP contribution < -0.4 is 4.74 Å². The maximum absolute atomic E-state index is 5.54. The second-order valence-electron chi connectivity index (χ2n) is 3.39. The van der Waals surface area contributed by atoms with Crippen molar-refractivity contribution in [3.63, 3.8) is 0 Å². The van der Waals surface area contributed by atoms with Crippen molar-refractivity contribution in [1.29, 1.82) is 0 Å². The van der Waals surface area contributed by atoms with Crippen LogP contribution in [0.5, 0.6) is 5.75 Å². The molecule has 0 aliphatic rings. The number of para-hydroxylation sites is 1. The van der Waals surface area contributed by atoms with Crippen molar-refractivity contribution in [3.8, 4) is 5.75 Å². The summed E-state index contributed by atoms with van der Waals surface area (Å²) in [6, 6.07) is 9.81. The number of ether oxygens (including phenoxy) is 2. The Balaban J connectivity index is 2.00. The van der Waals surface area contributed by atoms with Gasteiger partial charge in [-0.1, -0.05) is 31.4 Å². The largest absolute Gasteiger partial charge is 0.494 e. The molecular formula is C14H18O2. The van der Waals surface area contributed by atoms with E-state index >= 15 is 0 Å². The molecular weight excluding hydrogens is 200 g/mol. The molecule has 0 aliphatic heterocycles. The molecule has 0 fully saturated rings. The minimum absolute atomic E-state index is 0.629. The van der Waals surface area contributed by atoms with Gasteiger partial charge in [-0.2, -0.15) is 0 Å². The van der Waals surface area contributed by atoms with Crippen LogP contribution in [-0.2, 0) is 4.74 Å². The smallest absolute Gasteiger partial charge is 0.119 e. The lowest BCUT2D eigenvalue weighted by Crippen LogP contribution is -2.00. The molecule has 0 aliphatic carbocycles. The van der Waals surface area contributed by atoms with Crippen LogP contribution in [-0.4, -0.2) is 13.2 Å². The van der Waals surface area contributed by atoms with E-state index in [0.717, 1.165) is 18.6 Å². The van der Waals surface area contributed by atoms with Crippen LogP contribution in [0.2, 0.25) is 0 Å². The van der Waals surface area contributed by atoms with Crippen molar-refractivity contribution in [2.24, 2.45) is 0 Å². The zero-order valence-corrected chi connectivity index (χ0v) is 9.52. The highest BCUT2D eigenvalue weighted by molar-refractivity contribution is 5.20.